The van der Waals surface area contributed by atoms with E-state index < -0.39 is 0 Å². The Hall–Kier alpha value is -2.42. The van der Waals surface area contributed by atoms with Gasteiger partial charge < -0.3 is 15.6 Å². The largest absolute Gasteiger partial charge is 0.370 e. The Balaban J connectivity index is 1.60. The number of amides is 2. The van der Waals surface area contributed by atoms with Crippen molar-refractivity contribution in [2.75, 3.05) is 5.75 Å². The second-order valence-corrected chi connectivity index (χ2v) is 8.30. The summed E-state index contributed by atoms with van der Waals surface area (Å²) in [6.07, 6.45) is 5.04. The number of aryl methyl sites for hydroxylation is 1. The van der Waals surface area contributed by atoms with Crippen LogP contribution in [0.5, 0.6) is 0 Å². The lowest BCUT2D eigenvalue weighted by atomic mass is 9.91. The van der Waals surface area contributed by atoms with Crippen molar-refractivity contribution in [2.45, 2.75) is 49.7 Å². The van der Waals surface area contributed by atoms with Crippen LogP contribution >= 0.6 is 11.8 Å². The highest BCUT2D eigenvalue weighted by Crippen LogP contribution is 2.36. The molecule has 0 spiro atoms. The van der Waals surface area contributed by atoms with Gasteiger partial charge in [0.05, 0.1) is 11.8 Å². The van der Waals surface area contributed by atoms with E-state index in [9.17, 15) is 14.0 Å². The van der Waals surface area contributed by atoms with Crippen LogP contribution in [0.4, 0.5) is 4.39 Å². The monoisotopic (exact) mass is 419 g/mol. The highest BCUT2D eigenvalue weighted by Gasteiger charge is 2.28. The number of thioether (sulfide) groups is 1. The van der Waals surface area contributed by atoms with Gasteiger partial charge in [0.1, 0.15) is 11.6 Å². The third kappa shape index (κ3) is 5.79. The zero-order valence-electron chi connectivity index (χ0n) is 16.4. The van der Waals surface area contributed by atoms with E-state index in [4.69, 9.17) is 5.73 Å². The average molecular weight is 420 g/mol. The first-order valence-electron chi connectivity index (χ1n) is 9.78. The summed E-state index contributed by atoms with van der Waals surface area (Å²) in [5, 5.41) is 11.9. The Morgan fingerprint density at radius 2 is 1.97 bits per heavy atom. The third-order valence-corrected chi connectivity index (χ3v) is 6.29. The maximum Gasteiger partial charge on any atom is 0.230 e. The Bertz CT molecular complexity index is 849. The molecule has 1 fully saturated rings. The molecule has 29 heavy (non-hydrogen) atoms. The number of hydrogen-bond acceptors (Lipinski definition) is 5. The lowest BCUT2D eigenvalue weighted by molar-refractivity contribution is -0.120. The molecule has 0 bridgehead atoms. The number of rotatable bonds is 9. The summed E-state index contributed by atoms with van der Waals surface area (Å²) < 4.78 is 15.1. The van der Waals surface area contributed by atoms with E-state index in [1.165, 1.54) is 23.9 Å². The minimum Gasteiger partial charge on any atom is -0.370 e. The second kappa shape index (κ2) is 9.87. The molecule has 9 heteroatoms. The van der Waals surface area contributed by atoms with Crippen molar-refractivity contribution in [1.82, 2.24) is 20.1 Å². The lowest BCUT2D eigenvalue weighted by Crippen LogP contribution is -2.34. The van der Waals surface area contributed by atoms with Gasteiger partial charge in [0.25, 0.3) is 0 Å². The normalized spacial score (nSPS) is 15.4. The van der Waals surface area contributed by atoms with Crippen LogP contribution in [0.2, 0.25) is 0 Å². The molecule has 1 atom stereocenters. The Labute approximate surface area is 173 Å². The fourth-order valence-electron chi connectivity index (χ4n) is 3.70. The second-order valence-electron chi connectivity index (χ2n) is 7.35. The summed E-state index contributed by atoms with van der Waals surface area (Å²) >= 11 is 1.29. The molecule has 7 nitrogen and oxygen atoms in total. The van der Waals surface area contributed by atoms with Gasteiger partial charge in [-0.3, -0.25) is 9.59 Å². The van der Waals surface area contributed by atoms with E-state index >= 15 is 0 Å². The molecule has 1 aromatic heterocycles. The first-order chi connectivity index (χ1) is 13.9. The van der Waals surface area contributed by atoms with Gasteiger partial charge in [-0.1, -0.05) is 36.7 Å². The number of hydrogen-bond donors (Lipinski definition) is 2. The van der Waals surface area contributed by atoms with E-state index in [2.05, 4.69) is 15.5 Å². The number of benzene rings is 1. The molecular weight excluding hydrogens is 393 g/mol. The quantitative estimate of drug-likeness (QED) is 0.608. The summed E-state index contributed by atoms with van der Waals surface area (Å²) in [6.45, 7) is 0. The summed E-state index contributed by atoms with van der Waals surface area (Å²) in [7, 11) is 1.80. The van der Waals surface area contributed by atoms with Crippen molar-refractivity contribution >= 4 is 23.6 Å². The van der Waals surface area contributed by atoms with Gasteiger partial charge in [-0.2, -0.15) is 0 Å². The number of halogens is 1. The molecule has 2 aromatic rings. The van der Waals surface area contributed by atoms with E-state index in [1.807, 2.05) is 0 Å². The Morgan fingerprint density at radius 1 is 1.28 bits per heavy atom. The SMILES string of the molecule is Cn1c(CCC(N)=O)nnc1SCC(=O)NC(c1ccc(F)cc1)C1CCCC1. The molecule has 0 saturated heterocycles. The molecule has 1 heterocycles. The van der Waals surface area contributed by atoms with Crippen LogP contribution in [0, 0.1) is 11.7 Å². The lowest BCUT2D eigenvalue weighted by Gasteiger charge is -2.25. The van der Waals surface area contributed by atoms with E-state index in [1.54, 1.807) is 23.7 Å². The van der Waals surface area contributed by atoms with Crippen molar-refractivity contribution in [2.24, 2.45) is 18.7 Å². The number of nitrogens with two attached hydrogens (primary N) is 1. The molecular formula is C20H26FN5O2S. The number of primary amides is 1. The minimum absolute atomic E-state index is 0.0992. The molecule has 0 radical (unpaired) electrons. The predicted molar refractivity (Wildman–Crippen MR) is 108 cm³/mol. The maximum absolute atomic E-state index is 13.3. The van der Waals surface area contributed by atoms with Crippen LogP contribution in [0.15, 0.2) is 29.4 Å². The standard InChI is InChI=1S/C20H26FN5O2S/c1-26-17(11-10-16(22)27)24-25-20(26)29-12-18(28)23-19(13-4-2-3-5-13)14-6-8-15(21)9-7-14/h6-9,13,19H,2-5,10-12H2,1H3,(H2,22,27)(H,23,28). The molecule has 1 saturated carbocycles. The molecule has 1 aliphatic rings. The van der Waals surface area contributed by atoms with Crippen LogP contribution in [0.3, 0.4) is 0 Å². The molecule has 156 valence electrons. The van der Waals surface area contributed by atoms with Crippen molar-refractivity contribution in [3.8, 4) is 0 Å². The third-order valence-electron chi connectivity index (χ3n) is 5.27. The van der Waals surface area contributed by atoms with Gasteiger partial charge in [0, 0.05) is 19.9 Å². The van der Waals surface area contributed by atoms with Gasteiger partial charge in [0.15, 0.2) is 5.16 Å². The molecule has 0 aliphatic heterocycles. The van der Waals surface area contributed by atoms with Crippen LogP contribution < -0.4 is 11.1 Å². The number of nitrogens with one attached hydrogen (secondary N) is 1. The van der Waals surface area contributed by atoms with E-state index in [0.717, 1.165) is 31.2 Å². The maximum atomic E-state index is 13.3. The molecule has 2 amide bonds. The number of carbonyl (C=O) groups excluding carboxylic acids is 2. The molecule has 3 N–H and O–H groups in total. The zero-order chi connectivity index (χ0) is 20.8. The van der Waals surface area contributed by atoms with E-state index in [0.29, 0.717) is 23.3 Å². The Morgan fingerprint density at radius 3 is 2.62 bits per heavy atom. The summed E-state index contributed by atoms with van der Waals surface area (Å²) in [5.74, 6) is 0.451. The smallest absolute Gasteiger partial charge is 0.230 e. The number of aromatic nitrogens is 3. The van der Waals surface area contributed by atoms with Crippen LogP contribution in [-0.2, 0) is 23.1 Å². The fourth-order valence-corrected chi connectivity index (χ4v) is 4.44. The van der Waals surface area contributed by atoms with Gasteiger partial charge in [-0.05, 0) is 36.5 Å². The van der Waals surface area contributed by atoms with E-state index in [-0.39, 0.29) is 35.8 Å². The molecule has 1 unspecified atom stereocenters. The van der Waals surface area contributed by atoms with Crippen molar-refractivity contribution in [3.05, 3.63) is 41.5 Å². The van der Waals surface area contributed by atoms with Gasteiger partial charge >= 0.3 is 0 Å². The highest BCUT2D eigenvalue weighted by molar-refractivity contribution is 7.99. The van der Waals surface area contributed by atoms with Gasteiger partial charge in [-0.15, -0.1) is 10.2 Å². The fraction of sp³-hybridized carbons (Fsp3) is 0.500. The zero-order valence-corrected chi connectivity index (χ0v) is 17.3. The topological polar surface area (TPSA) is 103 Å². The summed E-state index contributed by atoms with van der Waals surface area (Å²) in [4.78, 5) is 23.6. The van der Waals surface area contributed by atoms with Crippen LogP contribution in [-0.4, -0.2) is 32.3 Å². The molecule has 3 rings (SSSR count). The van der Waals surface area contributed by atoms with Crippen molar-refractivity contribution < 1.29 is 14.0 Å². The minimum atomic E-state index is -0.389. The van der Waals surface area contributed by atoms with Crippen LogP contribution in [0.25, 0.3) is 0 Å². The molecule has 1 aromatic carbocycles. The first kappa shape index (κ1) is 21.3. The number of nitrogens with zero attached hydrogens (tertiary/aromatic N) is 3. The molecule has 1 aliphatic carbocycles. The van der Waals surface area contributed by atoms with Gasteiger partial charge in [0.2, 0.25) is 11.8 Å². The van der Waals surface area contributed by atoms with Crippen LogP contribution in [0.1, 0.15) is 49.5 Å². The van der Waals surface area contributed by atoms with Crippen molar-refractivity contribution in [1.29, 1.82) is 0 Å². The summed E-state index contributed by atoms with van der Waals surface area (Å²) in [6, 6.07) is 6.26. The summed E-state index contributed by atoms with van der Waals surface area (Å²) in [5.41, 5.74) is 6.11. The average Bonchev–Trinajstić information content (AvgIpc) is 3.34. The number of carbonyl (C=O) groups is 2. The Kier molecular flexibility index (Phi) is 7.24. The first-order valence-corrected chi connectivity index (χ1v) is 10.8. The van der Waals surface area contributed by atoms with Crippen molar-refractivity contribution in [3.63, 3.8) is 0 Å². The highest BCUT2D eigenvalue weighted by atomic mass is 32.2. The predicted octanol–water partition coefficient (Wildman–Crippen LogP) is 2.51. The van der Waals surface area contributed by atoms with Gasteiger partial charge in [-0.25, -0.2) is 4.39 Å².